The Labute approximate surface area is 163 Å². The van der Waals surface area contributed by atoms with Crippen molar-refractivity contribution in [1.29, 1.82) is 0 Å². The van der Waals surface area contributed by atoms with Gasteiger partial charge >= 0.3 is 0 Å². The largest absolute Gasteiger partial charge is 0.371 e. The Kier molecular flexibility index (Phi) is 6.42. The molecule has 0 aliphatic carbocycles. The number of piperidine rings is 2. The second kappa shape index (κ2) is 8.61. The molecule has 2 heterocycles. The Hall–Kier alpha value is -1.60. The first-order valence-corrected chi connectivity index (χ1v) is 11.7. The maximum atomic E-state index is 12.4. The van der Waals surface area contributed by atoms with E-state index in [1.165, 1.54) is 29.1 Å². The Morgan fingerprint density at radius 2 is 1.78 bits per heavy atom. The molecule has 2 aliphatic rings. The summed E-state index contributed by atoms with van der Waals surface area (Å²) in [6, 6.07) is 8.45. The first-order chi connectivity index (χ1) is 12.8. The summed E-state index contributed by atoms with van der Waals surface area (Å²) in [4.78, 5) is 14.8. The highest BCUT2D eigenvalue weighted by Gasteiger charge is 2.28. The van der Waals surface area contributed by atoms with Crippen LogP contribution in [0.2, 0.25) is 0 Å². The van der Waals surface area contributed by atoms with Crippen LogP contribution in [0.15, 0.2) is 24.3 Å². The van der Waals surface area contributed by atoms with Crippen molar-refractivity contribution in [3.05, 3.63) is 29.8 Å². The van der Waals surface area contributed by atoms with E-state index in [1.54, 1.807) is 0 Å². The molecule has 2 fully saturated rings. The molecule has 0 bridgehead atoms. The van der Waals surface area contributed by atoms with Gasteiger partial charge in [0.2, 0.25) is 15.9 Å². The zero-order valence-electron chi connectivity index (χ0n) is 16.4. The summed E-state index contributed by atoms with van der Waals surface area (Å²) >= 11 is 0. The third-order valence-electron chi connectivity index (χ3n) is 5.72. The average molecular weight is 394 g/mol. The van der Waals surface area contributed by atoms with Crippen LogP contribution in [-0.2, 0) is 21.4 Å². The van der Waals surface area contributed by atoms with Gasteiger partial charge in [0.1, 0.15) is 0 Å². The summed E-state index contributed by atoms with van der Waals surface area (Å²) in [5.74, 6) is 0.668. The lowest BCUT2D eigenvalue weighted by Crippen LogP contribution is -2.42. The van der Waals surface area contributed by atoms with E-state index in [1.807, 2.05) is 0 Å². The molecule has 0 aromatic heterocycles. The topological polar surface area (TPSA) is 69.7 Å². The highest BCUT2D eigenvalue weighted by atomic mass is 32.2. The van der Waals surface area contributed by atoms with Crippen LogP contribution in [0.5, 0.6) is 0 Å². The molecule has 1 N–H and O–H groups in total. The van der Waals surface area contributed by atoms with Gasteiger partial charge in [-0.3, -0.25) is 4.79 Å². The smallest absolute Gasteiger partial charge is 0.223 e. The van der Waals surface area contributed by atoms with Crippen molar-refractivity contribution in [2.45, 2.75) is 39.2 Å². The number of nitrogens with one attached hydrogen (secondary N) is 1. The van der Waals surface area contributed by atoms with E-state index in [0.717, 1.165) is 24.6 Å². The van der Waals surface area contributed by atoms with Crippen molar-refractivity contribution >= 4 is 21.6 Å². The molecule has 2 aliphatic heterocycles. The fourth-order valence-electron chi connectivity index (χ4n) is 4.03. The third-order valence-corrected chi connectivity index (χ3v) is 7.02. The predicted molar refractivity (Wildman–Crippen MR) is 108 cm³/mol. The number of nitrogens with zero attached hydrogens (tertiary/aromatic N) is 2. The van der Waals surface area contributed by atoms with Gasteiger partial charge < -0.3 is 10.2 Å². The van der Waals surface area contributed by atoms with E-state index in [2.05, 4.69) is 41.4 Å². The molecule has 1 unspecified atom stereocenters. The summed E-state index contributed by atoms with van der Waals surface area (Å²) < 4.78 is 24.6. The van der Waals surface area contributed by atoms with Crippen LogP contribution in [-0.4, -0.2) is 51.1 Å². The summed E-state index contributed by atoms with van der Waals surface area (Å²) in [5, 5.41) is 3.01. The van der Waals surface area contributed by atoms with Gasteiger partial charge in [0, 0.05) is 44.3 Å². The fourth-order valence-corrected chi connectivity index (χ4v) is 4.91. The molecule has 150 valence electrons. The molecule has 6 nitrogen and oxygen atoms in total. The fraction of sp³-hybridized carbons (Fsp3) is 0.650. The molecule has 2 saturated heterocycles. The van der Waals surface area contributed by atoms with Crippen molar-refractivity contribution < 1.29 is 13.2 Å². The van der Waals surface area contributed by atoms with Gasteiger partial charge in [-0.05, 0) is 49.3 Å². The third kappa shape index (κ3) is 5.45. The lowest BCUT2D eigenvalue weighted by molar-refractivity contribution is -0.126. The first-order valence-electron chi connectivity index (χ1n) is 9.89. The molecule has 0 radical (unpaired) electrons. The Morgan fingerprint density at radius 3 is 2.37 bits per heavy atom. The second-order valence-corrected chi connectivity index (χ2v) is 10.00. The summed E-state index contributed by atoms with van der Waals surface area (Å²) in [5.41, 5.74) is 2.34. The van der Waals surface area contributed by atoms with Gasteiger partial charge in [-0.2, -0.15) is 0 Å². The van der Waals surface area contributed by atoms with E-state index in [0.29, 0.717) is 32.5 Å². The molecule has 0 saturated carbocycles. The molecule has 7 heteroatoms. The van der Waals surface area contributed by atoms with Gasteiger partial charge in [0.25, 0.3) is 0 Å². The van der Waals surface area contributed by atoms with Gasteiger partial charge in [-0.1, -0.05) is 19.1 Å². The average Bonchev–Trinajstić information content (AvgIpc) is 2.66. The van der Waals surface area contributed by atoms with Crippen molar-refractivity contribution in [2.75, 3.05) is 37.3 Å². The van der Waals surface area contributed by atoms with Gasteiger partial charge in [0.05, 0.1) is 6.26 Å². The van der Waals surface area contributed by atoms with Crippen LogP contribution < -0.4 is 10.2 Å². The van der Waals surface area contributed by atoms with Crippen LogP contribution in [0.3, 0.4) is 0 Å². The van der Waals surface area contributed by atoms with Crippen molar-refractivity contribution in [1.82, 2.24) is 9.62 Å². The zero-order valence-corrected chi connectivity index (χ0v) is 17.2. The summed E-state index contributed by atoms with van der Waals surface area (Å²) in [6.45, 7) is 5.91. The number of benzene rings is 1. The highest BCUT2D eigenvalue weighted by Crippen LogP contribution is 2.23. The number of hydrogen-bond donors (Lipinski definition) is 1. The SMILES string of the molecule is CC1CCCN(c2ccc(CNC(=O)C3CCN(S(C)(=O)=O)CC3)cc2)C1. The van der Waals surface area contributed by atoms with Gasteiger partial charge in [-0.15, -0.1) is 0 Å². The molecular weight excluding hydrogens is 362 g/mol. The summed E-state index contributed by atoms with van der Waals surface area (Å²) in [6.07, 6.45) is 4.96. The number of amides is 1. The quantitative estimate of drug-likeness (QED) is 0.833. The van der Waals surface area contributed by atoms with Crippen molar-refractivity contribution in [3.63, 3.8) is 0 Å². The highest BCUT2D eigenvalue weighted by molar-refractivity contribution is 7.88. The van der Waals surface area contributed by atoms with Gasteiger partial charge in [0.15, 0.2) is 0 Å². The minimum Gasteiger partial charge on any atom is -0.371 e. The van der Waals surface area contributed by atoms with Crippen LogP contribution in [0.25, 0.3) is 0 Å². The van der Waals surface area contributed by atoms with E-state index < -0.39 is 10.0 Å². The number of carbonyl (C=O) groups is 1. The molecule has 1 atom stereocenters. The molecule has 27 heavy (non-hydrogen) atoms. The Morgan fingerprint density at radius 1 is 1.11 bits per heavy atom. The monoisotopic (exact) mass is 393 g/mol. The predicted octanol–water partition coefficient (Wildman–Crippen LogP) is 2.21. The van der Waals surface area contributed by atoms with E-state index in [-0.39, 0.29) is 11.8 Å². The lowest BCUT2D eigenvalue weighted by Gasteiger charge is -2.32. The van der Waals surface area contributed by atoms with Crippen LogP contribution in [0, 0.1) is 11.8 Å². The molecular formula is C20H31N3O3S. The van der Waals surface area contributed by atoms with Crippen molar-refractivity contribution in [2.24, 2.45) is 11.8 Å². The first kappa shape index (κ1) is 20.1. The number of rotatable bonds is 5. The Bertz CT molecular complexity index is 740. The number of anilines is 1. The van der Waals surface area contributed by atoms with Crippen molar-refractivity contribution in [3.8, 4) is 0 Å². The van der Waals surface area contributed by atoms with Crippen LogP contribution in [0.1, 0.15) is 38.2 Å². The maximum absolute atomic E-state index is 12.4. The standard InChI is InChI=1S/C20H31N3O3S/c1-16-4-3-11-22(15-16)19-7-5-17(6-8-19)14-21-20(24)18-9-12-23(13-10-18)27(2,25)26/h5-8,16,18H,3-4,9-15H2,1-2H3,(H,21,24). The minimum atomic E-state index is -3.15. The van der Waals surface area contributed by atoms with Gasteiger partial charge in [-0.25, -0.2) is 12.7 Å². The maximum Gasteiger partial charge on any atom is 0.223 e. The number of hydrogen-bond acceptors (Lipinski definition) is 4. The molecule has 1 aromatic carbocycles. The Balaban J connectivity index is 1.46. The normalized spacial score (nSPS) is 22.6. The number of carbonyl (C=O) groups excluding carboxylic acids is 1. The van der Waals surface area contributed by atoms with E-state index >= 15 is 0 Å². The van der Waals surface area contributed by atoms with Crippen LogP contribution in [0.4, 0.5) is 5.69 Å². The lowest BCUT2D eigenvalue weighted by atomic mass is 9.97. The van der Waals surface area contributed by atoms with E-state index in [4.69, 9.17) is 0 Å². The zero-order chi connectivity index (χ0) is 19.4. The molecule has 3 rings (SSSR count). The van der Waals surface area contributed by atoms with Crippen LogP contribution >= 0.6 is 0 Å². The van der Waals surface area contributed by atoms with E-state index in [9.17, 15) is 13.2 Å². The second-order valence-electron chi connectivity index (χ2n) is 8.01. The molecule has 1 amide bonds. The minimum absolute atomic E-state index is 0.0251. The number of sulfonamides is 1. The molecule has 0 spiro atoms. The summed E-state index contributed by atoms with van der Waals surface area (Å²) in [7, 11) is -3.15. The molecule has 1 aromatic rings.